The Morgan fingerprint density at radius 2 is 1.55 bits per heavy atom. The predicted molar refractivity (Wildman–Crippen MR) is 107 cm³/mol. The number of fused-ring (bicyclic) bond motifs is 1. The van der Waals surface area contributed by atoms with E-state index in [-0.39, 0.29) is 33.7 Å². The average molecular weight is 407 g/mol. The molecule has 3 aromatic rings. The van der Waals surface area contributed by atoms with Gasteiger partial charge in [-0.3, -0.25) is 4.79 Å². The minimum absolute atomic E-state index is 0.0552. The Morgan fingerprint density at radius 1 is 1.03 bits per heavy atom. The molecule has 0 atom stereocenters. The second kappa shape index (κ2) is 6.73. The number of rotatable bonds is 3. The molecule has 0 radical (unpaired) electrons. The van der Waals surface area contributed by atoms with Crippen LogP contribution < -0.4 is 10.1 Å². The highest BCUT2D eigenvalue weighted by atomic mass is 35.5. The number of amides is 1. The first-order chi connectivity index (χ1) is 13.9. The number of benzene rings is 3. The molecule has 3 aromatic carbocycles. The lowest BCUT2D eigenvalue weighted by atomic mass is 9.70. The normalized spacial score (nSPS) is 14.0. The summed E-state index contributed by atoms with van der Waals surface area (Å²) in [5, 5.41) is 32.0. The van der Waals surface area contributed by atoms with Crippen molar-refractivity contribution in [1.82, 2.24) is 0 Å². The SMILES string of the molecule is COc1c(Cl)c(C#N)cc2c1NC(=O)C2(c1ccc(O)cc1)c1ccc(O)cc1. The van der Waals surface area contributed by atoms with Gasteiger partial charge in [0.25, 0.3) is 0 Å². The minimum atomic E-state index is -1.33. The molecule has 0 bridgehead atoms. The summed E-state index contributed by atoms with van der Waals surface area (Å²) in [4.78, 5) is 13.5. The molecule has 144 valence electrons. The topological polar surface area (TPSA) is 103 Å². The maximum absolute atomic E-state index is 13.5. The number of nitriles is 1. The van der Waals surface area contributed by atoms with Gasteiger partial charge < -0.3 is 20.3 Å². The maximum atomic E-state index is 13.5. The van der Waals surface area contributed by atoms with Gasteiger partial charge in [-0.2, -0.15) is 5.26 Å². The van der Waals surface area contributed by atoms with Crippen LogP contribution in [0, 0.1) is 11.3 Å². The Kier molecular flexibility index (Phi) is 4.33. The van der Waals surface area contributed by atoms with Gasteiger partial charge in [0.1, 0.15) is 28.0 Å². The molecule has 1 amide bonds. The van der Waals surface area contributed by atoms with E-state index < -0.39 is 5.41 Å². The van der Waals surface area contributed by atoms with E-state index in [2.05, 4.69) is 5.32 Å². The monoisotopic (exact) mass is 406 g/mol. The Balaban J connectivity index is 2.14. The molecule has 0 aromatic heterocycles. The van der Waals surface area contributed by atoms with Gasteiger partial charge in [0.2, 0.25) is 5.91 Å². The van der Waals surface area contributed by atoms with Crippen molar-refractivity contribution in [1.29, 1.82) is 5.26 Å². The molecule has 6 nitrogen and oxygen atoms in total. The molecule has 0 spiro atoms. The van der Waals surface area contributed by atoms with Crippen LogP contribution in [-0.2, 0) is 10.2 Å². The zero-order valence-corrected chi connectivity index (χ0v) is 16.0. The van der Waals surface area contributed by atoms with Crippen molar-refractivity contribution in [2.24, 2.45) is 0 Å². The third-order valence-corrected chi connectivity index (χ3v) is 5.50. The number of hydrogen-bond acceptors (Lipinski definition) is 5. The van der Waals surface area contributed by atoms with Crippen LogP contribution >= 0.6 is 11.6 Å². The average Bonchev–Trinajstić information content (AvgIpc) is 3.01. The van der Waals surface area contributed by atoms with Crippen molar-refractivity contribution in [2.45, 2.75) is 5.41 Å². The molecular formula is C22H15ClN2O4. The zero-order chi connectivity index (χ0) is 20.8. The fourth-order valence-electron chi connectivity index (χ4n) is 3.82. The van der Waals surface area contributed by atoms with E-state index in [0.717, 1.165) is 0 Å². The van der Waals surface area contributed by atoms with Crippen LogP contribution in [0.25, 0.3) is 0 Å². The number of phenolic OH excluding ortho intramolecular Hbond substituents is 2. The van der Waals surface area contributed by atoms with E-state index in [4.69, 9.17) is 16.3 Å². The second-order valence-electron chi connectivity index (χ2n) is 6.60. The summed E-state index contributed by atoms with van der Waals surface area (Å²) in [6.45, 7) is 0. The summed E-state index contributed by atoms with van der Waals surface area (Å²) in [6, 6.07) is 16.1. The minimum Gasteiger partial charge on any atom is -0.508 e. The standard InChI is InChI=1S/C22H15ClN2O4/c1-29-20-18(23)12(11-24)10-17-19(20)25-21(28)22(17,13-2-6-15(26)7-3-13)14-4-8-16(27)9-5-14/h2-10,26-27H,1H3,(H,25,28). The van der Waals surface area contributed by atoms with E-state index in [1.165, 1.54) is 31.4 Å². The molecule has 29 heavy (non-hydrogen) atoms. The fourth-order valence-corrected chi connectivity index (χ4v) is 4.09. The molecule has 3 N–H and O–H groups in total. The third-order valence-electron chi connectivity index (χ3n) is 5.13. The molecule has 0 unspecified atom stereocenters. The van der Waals surface area contributed by atoms with Crippen LogP contribution in [0.3, 0.4) is 0 Å². The van der Waals surface area contributed by atoms with Crippen LogP contribution in [0.1, 0.15) is 22.3 Å². The molecular weight excluding hydrogens is 392 g/mol. The number of nitrogens with one attached hydrogen (secondary N) is 1. The highest BCUT2D eigenvalue weighted by Crippen LogP contribution is 2.53. The zero-order valence-electron chi connectivity index (χ0n) is 15.2. The van der Waals surface area contributed by atoms with Crippen molar-refractivity contribution in [3.63, 3.8) is 0 Å². The largest absolute Gasteiger partial charge is 0.508 e. The Hall–Kier alpha value is -3.69. The van der Waals surface area contributed by atoms with Gasteiger partial charge in [0, 0.05) is 5.56 Å². The predicted octanol–water partition coefficient (Wildman–Crippen LogP) is 3.92. The van der Waals surface area contributed by atoms with E-state index >= 15 is 0 Å². The fraction of sp³-hybridized carbons (Fsp3) is 0.0909. The van der Waals surface area contributed by atoms with Gasteiger partial charge in [-0.1, -0.05) is 35.9 Å². The first-order valence-corrected chi connectivity index (χ1v) is 9.02. The molecule has 4 rings (SSSR count). The first kappa shape index (κ1) is 18.7. The van der Waals surface area contributed by atoms with Crippen LogP contribution in [0.5, 0.6) is 17.2 Å². The Labute approximate surface area is 171 Å². The van der Waals surface area contributed by atoms with Crippen LogP contribution in [0.4, 0.5) is 5.69 Å². The van der Waals surface area contributed by atoms with E-state index in [9.17, 15) is 20.3 Å². The number of phenols is 2. The molecule has 0 aliphatic carbocycles. The van der Waals surface area contributed by atoms with Crippen molar-refractivity contribution in [3.8, 4) is 23.3 Å². The summed E-state index contributed by atoms with van der Waals surface area (Å²) in [6.07, 6.45) is 0. The molecule has 0 saturated heterocycles. The van der Waals surface area contributed by atoms with Crippen molar-refractivity contribution < 1.29 is 19.7 Å². The Bertz CT molecular complexity index is 1120. The summed E-state index contributed by atoms with van der Waals surface area (Å²) in [5.74, 6) is -0.0545. The quantitative estimate of drug-likeness (QED) is 0.611. The lowest BCUT2D eigenvalue weighted by molar-refractivity contribution is -0.118. The summed E-state index contributed by atoms with van der Waals surface area (Å²) < 4.78 is 5.40. The van der Waals surface area contributed by atoms with Crippen LogP contribution in [-0.4, -0.2) is 23.2 Å². The number of carbonyl (C=O) groups excluding carboxylic acids is 1. The summed E-state index contributed by atoms with van der Waals surface area (Å²) >= 11 is 6.30. The Morgan fingerprint density at radius 3 is 2.00 bits per heavy atom. The first-order valence-electron chi connectivity index (χ1n) is 8.65. The number of nitrogens with zero attached hydrogens (tertiary/aromatic N) is 1. The van der Waals surface area contributed by atoms with Crippen molar-refractivity contribution in [2.75, 3.05) is 12.4 Å². The molecule has 1 heterocycles. The number of ether oxygens (including phenoxy) is 1. The van der Waals surface area contributed by atoms with Gasteiger partial charge in [0.15, 0.2) is 5.75 Å². The smallest absolute Gasteiger partial charge is 0.244 e. The number of hydrogen-bond donors (Lipinski definition) is 3. The number of methoxy groups -OCH3 is 1. The number of halogens is 1. The molecule has 0 fully saturated rings. The lowest BCUT2D eigenvalue weighted by Gasteiger charge is -2.29. The van der Waals surface area contributed by atoms with Crippen molar-refractivity contribution >= 4 is 23.2 Å². The van der Waals surface area contributed by atoms with Crippen LogP contribution in [0.15, 0.2) is 54.6 Å². The van der Waals surface area contributed by atoms with Crippen LogP contribution in [0.2, 0.25) is 5.02 Å². The van der Waals surface area contributed by atoms with Gasteiger partial charge in [0.05, 0.1) is 18.4 Å². The third kappa shape index (κ3) is 2.59. The van der Waals surface area contributed by atoms with Gasteiger partial charge in [-0.15, -0.1) is 0 Å². The number of aromatic hydroxyl groups is 2. The van der Waals surface area contributed by atoms with Gasteiger partial charge >= 0.3 is 0 Å². The lowest BCUT2D eigenvalue weighted by Crippen LogP contribution is -2.37. The summed E-state index contributed by atoms with van der Waals surface area (Å²) in [7, 11) is 1.41. The van der Waals surface area contributed by atoms with Gasteiger partial charge in [-0.05, 0) is 41.5 Å². The van der Waals surface area contributed by atoms with E-state index in [1.807, 2.05) is 6.07 Å². The number of carbonyl (C=O) groups is 1. The maximum Gasteiger partial charge on any atom is 0.244 e. The molecule has 7 heteroatoms. The van der Waals surface area contributed by atoms with E-state index in [0.29, 0.717) is 22.4 Å². The number of anilines is 1. The van der Waals surface area contributed by atoms with Gasteiger partial charge in [-0.25, -0.2) is 0 Å². The van der Waals surface area contributed by atoms with Crippen molar-refractivity contribution in [3.05, 3.63) is 81.9 Å². The van der Waals surface area contributed by atoms with E-state index in [1.54, 1.807) is 30.3 Å². The second-order valence-corrected chi connectivity index (χ2v) is 6.98. The molecule has 0 saturated carbocycles. The highest BCUT2D eigenvalue weighted by molar-refractivity contribution is 6.34. The summed E-state index contributed by atoms with van der Waals surface area (Å²) in [5.41, 5.74) is 0.858. The molecule has 1 aliphatic rings. The molecule has 1 aliphatic heterocycles. The highest BCUT2D eigenvalue weighted by Gasteiger charge is 2.51.